The van der Waals surface area contributed by atoms with Crippen LogP contribution in [0, 0.1) is 0 Å². The average Bonchev–Trinajstić information content (AvgIpc) is 2.54. The summed E-state index contributed by atoms with van der Waals surface area (Å²) in [4.78, 5) is 16.0. The first-order chi connectivity index (χ1) is 10.3. The molecule has 2 aromatic carbocycles. The lowest BCUT2D eigenvalue weighted by Gasteiger charge is -2.09. The van der Waals surface area contributed by atoms with Gasteiger partial charge in [-0.2, -0.15) is 0 Å². The Balaban J connectivity index is 1.69. The van der Waals surface area contributed by atoms with Crippen molar-refractivity contribution in [3.8, 4) is 5.75 Å². The Hall–Kier alpha value is -2.88. The summed E-state index contributed by atoms with van der Waals surface area (Å²) in [6.07, 6.45) is 3.48. The number of amides is 1. The number of benzene rings is 2. The normalized spacial score (nSPS) is 10.3. The maximum Gasteiger partial charge on any atom is 0.262 e. The van der Waals surface area contributed by atoms with E-state index in [-0.39, 0.29) is 12.5 Å². The molecule has 4 nitrogen and oxygen atoms in total. The molecule has 0 aliphatic carbocycles. The van der Waals surface area contributed by atoms with E-state index in [2.05, 4.69) is 10.3 Å². The lowest BCUT2D eigenvalue weighted by Crippen LogP contribution is -2.20. The van der Waals surface area contributed by atoms with Gasteiger partial charge in [-0.15, -0.1) is 0 Å². The number of fused-ring (bicyclic) bond motifs is 1. The monoisotopic (exact) mass is 278 g/mol. The van der Waals surface area contributed by atoms with Crippen LogP contribution in [0.15, 0.2) is 67.0 Å². The number of carbonyl (C=O) groups excluding carboxylic acids is 1. The van der Waals surface area contributed by atoms with Crippen LogP contribution in [0.1, 0.15) is 0 Å². The predicted molar refractivity (Wildman–Crippen MR) is 82.3 cm³/mol. The number of nitrogens with zero attached hydrogens (tertiary/aromatic N) is 1. The van der Waals surface area contributed by atoms with E-state index >= 15 is 0 Å². The van der Waals surface area contributed by atoms with Gasteiger partial charge >= 0.3 is 0 Å². The third-order valence-corrected chi connectivity index (χ3v) is 3.07. The molecule has 0 aliphatic heterocycles. The maximum atomic E-state index is 12.0. The minimum absolute atomic E-state index is 0.0223. The Kier molecular flexibility index (Phi) is 3.78. The van der Waals surface area contributed by atoms with Crippen LogP contribution in [0.3, 0.4) is 0 Å². The number of hydrogen-bond donors (Lipinski definition) is 1. The second-order valence-corrected chi connectivity index (χ2v) is 4.55. The minimum atomic E-state index is -0.192. The minimum Gasteiger partial charge on any atom is -0.484 e. The van der Waals surface area contributed by atoms with Gasteiger partial charge < -0.3 is 10.1 Å². The summed E-state index contributed by atoms with van der Waals surface area (Å²) in [6.45, 7) is -0.0223. The highest BCUT2D eigenvalue weighted by molar-refractivity contribution is 6.02. The van der Waals surface area contributed by atoms with E-state index < -0.39 is 0 Å². The van der Waals surface area contributed by atoms with Crippen molar-refractivity contribution in [1.29, 1.82) is 0 Å². The average molecular weight is 278 g/mol. The van der Waals surface area contributed by atoms with Crippen LogP contribution in [0.5, 0.6) is 5.75 Å². The van der Waals surface area contributed by atoms with Crippen LogP contribution in [-0.4, -0.2) is 17.5 Å². The SMILES string of the molecule is O=C(COc1ccccc1)Nc1cccc2cnccc12. The molecule has 0 fully saturated rings. The van der Waals surface area contributed by atoms with Crippen LogP contribution in [0.25, 0.3) is 10.8 Å². The van der Waals surface area contributed by atoms with E-state index in [0.717, 1.165) is 16.5 Å². The van der Waals surface area contributed by atoms with E-state index in [1.54, 1.807) is 12.4 Å². The highest BCUT2D eigenvalue weighted by Crippen LogP contribution is 2.22. The zero-order valence-electron chi connectivity index (χ0n) is 11.3. The van der Waals surface area contributed by atoms with Crippen LogP contribution in [0.2, 0.25) is 0 Å². The van der Waals surface area contributed by atoms with Crippen molar-refractivity contribution in [3.05, 3.63) is 67.0 Å². The third-order valence-electron chi connectivity index (χ3n) is 3.07. The molecule has 0 unspecified atom stereocenters. The zero-order chi connectivity index (χ0) is 14.5. The standard InChI is InChI=1S/C17H14N2O2/c20-17(12-21-14-6-2-1-3-7-14)19-16-8-4-5-13-11-18-10-9-15(13)16/h1-11H,12H2,(H,19,20). The van der Waals surface area contributed by atoms with Crippen molar-refractivity contribution in [1.82, 2.24) is 4.98 Å². The van der Waals surface area contributed by atoms with Gasteiger partial charge in [0.25, 0.3) is 5.91 Å². The summed E-state index contributed by atoms with van der Waals surface area (Å²) in [7, 11) is 0. The number of carbonyl (C=O) groups is 1. The highest BCUT2D eigenvalue weighted by atomic mass is 16.5. The van der Waals surface area contributed by atoms with E-state index in [9.17, 15) is 4.79 Å². The fourth-order valence-electron chi connectivity index (χ4n) is 2.08. The molecule has 1 aromatic heterocycles. The van der Waals surface area contributed by atoms with E-state index in [0.29, 0.717) is 5.75 Å². The van der Waals surface area contributed by atoms with Gasteiger partial charge in [-0.3, -0.25) is 9.78 Å². The summed E-state index contributed by atoms with van der Waals surface area (Å²) < 4.78 is 5.43. The van der Waals surface area contributed by atoms with Crippen molar-refractivity contribution in [2.24, 2.45) is 0 Å². The maximum absolute atomic E-state index is 12.0. The molecule has 1 N–H and O–H groups in total. The molecule has 0 atom stereocenters. The molecule has 3 rings (SSSR count). The molecule has 1 heterocycles. The van der Waals surface area contributed by atoms with Crippen molar-refractivity contribution in [2.75, 3.05) is 11.9 Å². The number of anilines is 1. The van der Waals surface area contributed by atoms with Crippen molar-refractivity contribution < 1.29 is 9.53 Å². The highest BCUT2D eigenvalue weighted by Gasteiger charge is 2.06. The quantitative estimate of drug-likeness (QED) is 0.797. The smallest absolute Gasteiger partial charge is 0.262 e. The molecule has 0 aliphatic rings. The van der Waals surface area contributed by atoms with Gasteiger partial charge in [-0.05, 0) is 24.3 Å². The molecule has 0 bridgehead atoms. The number of rotatable bonds is 4. The molecule has 0 saturated carbocycles. The Bertz CT molecular complexity index is 752. The first-order valence-electron chi connectivity index (χ1n) is 6.63. The largest absolute Gasteiger partial charge is 0.484 e. The summed E-state index contributed by atoms with van der Waals surface area (Å²) in [5.41, 5.74) is 0.761. The van der Waals surface area contributed by atoms with Gasteiger partial charge in [-0.1, -0.05) is 30.3 Å². The first kappa shape index (κ1) is 13.1. The zero-order valence-corrected chi connectivity index (χ0v) is 11.3. The Morgan fingerprint density at radius 2 is 1.90 bits per heavy atom. The Labute approximate surface area is 122 Å². The Morgan fingerprint density at radius 1 is 1.05 bits per heavy atom. The van der Waals surface area contributed by atoms with E-state index in [4.69, 9.17) is 4.74 Å². The molecule has 21 heavy (non-hydrogen) atoms. The summed E-state index contributed by atoms with van der Waals surface area (Å²) in [6, 6.07) is 16.8. The lowest BCUT2D eigenvalue weighted by molar-refractivity contribution is -0.118. The molecule has 3 aromatic rings. The van der Waals surface area contributed by atoms with Crippen LogP contribution >= 0.6 is 0 Å². The van der Waals surface area contributed by atoms with E-state index in [1.807, 2.05) is 54.6 Å². The van der Waals surface area contributed by atoms with Crippen molar-refractivity contribution in [2.45, 2.75) is 0 Å². The molecule has 0 saturated heterocycles. The molecule has 4 heteroatoms. The van der Waals surface area contributed by atoms with Crippen LogP contribution in [-0.2, 0) is 4.79 Å². The van der Waals surface area contributed by atoms with Crippen molar-refractivity contribution in [3.63, 3.8) is 0 Å². The van der Waals surface area contributed by atoms with Gasteiger partial charge in [0.1, 0.15) is 5.75 Å². The molecule has 0 radical (unpaired) electrons. The number of aromatic nitrogens is 1. The summed E-state index contributed by atoms with van der Waals surface area (Å²) in [5.74, 6) is 0.484. The number of para-hydroxylation sites is 1. The fraction of sp³-hybridized carbons (Fsp3) is 0.0588. The second kappa shape index (κ2) is 6.05. The van der Waals surface area contributed by atoms with E-state index in [1.165, 1.54) is 0 Å². The lowest BCUT2D eigenvalue weighted by atomic mass is 10.1. The fourth-order valence-corrected chi connectivity index (χ4v) is 2.08. The van der Waals surface area contributed by atoms with Gasteiger partial charge in [0.05, 0.1) is 0 Å². The van der Waals surface area contributed by atoms with Crippen LogP contribution in [0.4, 0.5) is 5.69 Å². The second-order valence-electron chi connectivity index (χ2n) is 4.55. The summed E-state index contributed by atoms with van der Waals surface area (Å²) in [5, 5.41) is 4.81. The predicted octanol–water partition coefficient (Wildman–Crippen LogP) is 3.25. The Morgan fingerprint density at radius 3 is 2.76 bits per heavy atom. The van der Waals surface area contributed by atoms with Gasteiger partial charge in [-0.25, -0.2) is 0 Å². The molecule has 104 valence electrons. The topological polar surface area (TPSA) is 51.2 Å². The van der Waals surface area contributed by atoms with Gasteiger partial charge in [0, 0.05) is 28.9 Å². The summed E-state index contributed by atoms with van der Waals surface area (Å²) >= 11 is 0. The van der Waals surface area contributed by atoms with Gasteiger partial charge in [0.2, 0.25) is 0 Å². The number of pyridine rings is 1. The van der Waals surface area contributed by atoms with Gasteiger partial charge in [0.15, 0.2) is 6.61 Å². The van der Waals surface area contributed by atoms with Crippen LogP contribution < -0.4 is 10.1 Å². The number of hydrogen-bond acceptors (Lipinski definition) is 3. The molecule has 0 spiro atoms. The molecular formula is C17H14N2O2. The number of ether oxygens (including phenoxy) is 1. The molecule has 1 amide bonds. The van der Waals surface area contributed by atoms with Crippen molar-refractivity contribution >= 4 is 22.4 Å². The third kappa shape index (κ3) is 3.17. The first-order valence-corrected chi connectivity index (χ1v) is 6.63. The molecular weight excluding hydrogens is 264 g/mol. The number of nitrogens with one attached hydrogen (secondary N) is 1.